The molecule has 2 heteroatoms. The highest BCUT2D eigenvalue weighted by Gasteiger charge is 1.81. The molecule has 0 saturated carbocycles. The Kier molecular flexibility index (Phi) is 5.12. The van der Waals surface area contributed by atoms with Crippen LogP contribution in [-0.2, 0) is 6.61 Å². The highest BCUT2D eigenvalue weighted by molar-refractivity contribution is 5.12. The summed E-state index contributed by atoms with van der Waals surface area (Å²) in [6.07, 6.45) is 0. The first-order valence-electron chi connectivity index (χ1n) is 4.68. The molecule has 0 unspecified atom stereocenters. The maximum Gasteiger partial charge on any atom is 0.123 e. The summed E-state index contributed by atoms with van der Waals surface area (Å²) in [6.45, 7) is 0.140. The van der Waals surface area contributed by atoms with E-state index in [0.717, 1.165) is 5.56 Å². The molecular formula is C13H13FO. The summed E-state index contributed by atoms with van der Waals surface area (Å²) in [7, 11) is 0. The van der Waals surface area contributed by atoms with Gasteiger partial charge in [0.25, 0.3) is 0 Å². The standard InChI is InChI=1S/C7H8O.C6H5F/c8-6-7-4-2-1-3-5-7;7-6-4-2-1-3-5-6/h1-5,8H,6H2;1-5H. The third-order valence-electron chi connectivity index (χ3n) is 1.76. The van der Waals surface area contributed by atoms with Crippen LogP contribution in [0.25, 0.3) is 0 Å². The molecule has 78 valence electrons. The molecule has 0 aliphatic rings. The van der Waals surface area contributed by atoms with Crippen LogP contribution in [0.15, 0.2) is 60.7 Å². The van der Waals surface area contributed by atoms with Crippen molar-refractivity contribution in [3.63, 3.8) is 0 Å². The zero-order valence-electron chi connectivity index (χ0n) is 8.31. The van der Waals surface area contributed by atoms with Gasteiger partial charge in [-0.1, -0.05) is 48.5 Å². The molecular weight excluding hydrogens is 191 g/mol. The monoisotopic (exact) mass is 204 g/mol. The van der Waals surface area contributed by atoms with Gasteiger partial charge in [0, 0.05) is 0 Å². The Bertz CT molecular complexity index is 359. The van der Waals surface area contributed by atoms with Crippen LogP contribution in [0.2, 0.25) is 0 Å². The summed E-state index contributed by atoms with van der Waals surface area (Å²) < 4.78 is 11.9. The van der Waals surface area contributed by atoms with Crippen molar-refractivity contribution in [3.05, 3.63) is 72.0 Å². The Hall–Kier alpha value is -1.67. The summed E-state index contributed by atoms with van der Waals surface area (Å²) in [5, 5.41) is 8.54. The van der Waals surface area contributed by atoms with E-state index in [1.807, 2.05) is 30.3 Å². The fraction of sp³-hybridized carbons (Fsp3) is 0.0769. The van der Waals surface area contributed by atoms with Gasteiger partial charge in [-0.15, -0.1) is 0 Å². The highest BCUT2D eigenvalue weighted by atomic mass is 19.1. The zero-order valence-corrected chi connectivity index (χ0v) is 8.31. The van der Waals surface area contributed by atoms with Crippen molar-refractivity contribution in [1.82, 2.24) is 0 Å². The molecule has 2 rings (SSSR count). The van der Waals surface area contributed by atoms with Crippen molar-refractivity contribution in [1.29, 1.82) is 0 Å². The lowest BCUT2D eigenvalue weighted by Gasteiger charge is -1.89. The summed E-state index contributed by atoms with van der Waals surface area (Å²) in [4.78, 5) is 0. The normalized spacial score (nSPS) is 8.93. The minimum absolute atomic E-state index is 0.140. The molecule has 0 atom stereocenters. The van der Waals surface area contributed by atoms with E-state index in [2.05, 4.69) is 0 Å². The molecule has 15 heavy (non-hydrogen) atoms. The number of hydrogen-bond donors (Lipinski definition) is 1. The molecule has 0 saturated heterocycles. The van der Waals surface area contributed by atoms with Crippen LogP contribution in [0.5, 0.6) is 0 Å². The van der Waals surface area contributed by atoms with Crippen molar-refractivity contribution < 1.29 is 9.50 Å². The number of hydrogen-bond acceptors (Lipinski definition) is 1. The van der Waals surface area contributed by atoms with Gasteiger partial charge in [-0.3, -0.25) is 0 Å². The fourth-order valence-electron chi connectivity index (χ4n) is 0.998. The van der Waals surface area contributed by atoms with E-state index in [-0.39, 0.29) is 12.4 Å². The molecule has 0 aliphatic heterocycles. The molecule has 0 spiro atoms. The summed E-state index contributed by atoms with van der Waals surface area (Å²) in [6, 6.07) is 17.5. The molecule has 0 heterocycles. The highest BCUT2D eigenvalue weighted by Crippen LogP contribution is 1.95. The maximum atomic E-state index is 11.9. The van der Waals surface area contributed by atoms with E-state index in [1.165, 1.54) is 12.1 Å². The van der Waals surface area contributed by atoms with E-state index in [1.54, 1.807) is 18.2 Å². The third kappa shape index (κ3) is 4.93. The van der Waals surface area contributed by atoms with Crippen molar-refractivity contribution in [2.45, 2.75) is 6.61 Å². The average Bonchev–Trinajstić information content (AvgIpc) is 2.32. The minimum atomic E-state index is -0.178. The van der Waals surface area contributed by atoms with Gasteiger partial charge < -0.3 is 5.11 Å². The molecule has 1 N–H and O–H groups in total. The van der Waals surface area contributed by atoms with Crippen LogP contribution in [0, 0.1) is 5.82 Å². The van der Waals surface area contributed by atoms with Crippen molar-refractivity contribution in [2.24, 2.45) is 0 Å². The summed E-state index contributed by atoms with van der Waals surface area (Å²) in [5.74, 6) is -0.178. The Morgan fingerprint density at radius 3 is 1.53 bits per heavy atom. The molecule has 0 aromatic heterocycles. The van der Waals surface area contributed by atoms with Gasteiger partial charge in [-0.2, -0.15) is 0 Å². The molecule has 2 aromatic carbocycles. The SMILES string of the molecule is Fc1ccccc1.OCc1ccccc1. The molecule has 1 nitrogen and oxygen atoms in total. The van der Waals surface area contributed by atoms with Crippen LogP contribution in [0.3, 0.4) is 0 Å². The van der Waals surface area contributed by atoms with Gasteiger partial charge >= 0.3 is 0 Å². The number of aliphatic hydroxyl groups excluding tert-OH is 1. The largest absolute Gasteiger partial charge is 0.392 e. The summed E-state index contributed by atoms with van der Waals surface area (Å²) >= 11 is 0. The molecule has 0 fully saturated rings. The lowest BCUT2D eigenvalue weighted by Crippen LogP contribution is -1.77. The predicted octanol–water partition coefficient (Wildman–Crippen LogP) is 3.00. The Morgan fingerprint density at radius 1 is 0.800 bits per heavy atom. The van der Waals surface area contributed by atoms with Gasteiger partial charge in [0.05, 0.1) is 6.61 Å². The number of aliphatic hydroxyl groups is 1. The number of benzene rings is 2. The predicted molar refractivity (Wildman–Crippen MR) is 58.8 cm³/mol. The first-order valence-corrected chi connectivity index (χ1v) is 4.68. The molecule has 2 aromatic rings. The topological polar surface area (TPSA) is 20.2 Å². The van der Waals surface area contributed by atoms with Crippen LogP contribution in [0.4, 0.5) is 4.39 Å². The second-order valence-electron chi connectivity index (χ2n) is 2.94. The van der Waals surface area contributed by atoms with E-state index in [0.29, 0.717) is 0 Å². The number of halogens is 1. The second kappa shape index (κ2) is 6.74. The van der Waals surface area contributed by atoms with Crippen LogP contribution < -0.4 is 0 Å². The lowest BCUT2D eigenvalue weighted by atomic mass is 10.2. The van der Waals surface area contributed by atoms with E-state index >= 15 is 0 Å². The van der Waals surface area contributed by atoms with E-state index < -0.39 is 0 Å². The first-order chi connectivity index (χ1) is 7.33. The maximum absolute atomic E-state index is 11.9. The van der Waals surface area contributed by atoms with Crippen molar-refractivity contribution >= 4 is 0 Å². The van der Waals surface area contributed by atoms with Gasteiger partial charge in [-0.05, 0) is 17.7 Å². The Labute approximate surface area is 88.8 Å². The lowest BCUT2D eigenvalue weighted by molar-refractivity contribution is 0.282. The summed E-state index contributed by atoms with van der Waals surface area (Å²) in [5.41, 5.74) is 0.965. The van der Waals surface area contributed by atoms with E-state index in [4.69, 9.17) is 5.11 Å². The fourth-order valence-corrected chi connectivity index (χ4v) is 0.998. The molecule has 0 aliphatic carbocycles. The average molecular weight is 204 g/mol. The molecule has 0 radical (unpaired) electrons. The quantitative estimate of drug-likeness (QED) is 0.757. The van der Waals surface area contributed by atoms with Crippen molar-refractivity contribution in [2.75, 3.05) is 0 Å². The van der Waals surface area contributed by atoms with Gasteiger partial charge in [-0.25, -0.2) is 4.39 Å². The van der Waals surface area contributed by atoms with Gasteiger partial charge in [0.1, 0.15) is 5.82 Å². The van der Waals surface area contributed by atoms with Crippen molar-refractivity contribution in [3.8, 4) is 0 Å². The smallest absolute Gasteiger partial charge is 0.123 e. The van der Waals surface area contributed by atoms with Crippen LogP contribution >= 0.6 is 0 Å². The van der Waals surface area contributed by atoms with Crippen LogP contribution in [-0.4, -0.2) is 5.11 Å². The minimum Gasteiger partial charge on any atom is -0.392 e. The molecule has 0 bridgehead atoms. The Morgan fingerprint density at radius 2 is 1.27 bits per heavy atom. The first kappa shape index (κ1) is 11.4. The van der Waals surface area contributed by atoms with Gasteiger partial charge in [0.2, 0.25) is 0 Å². The van der Waals surface area contributed by atoms with Gasteiger partial charge in [0.15, 0.2) is 0 Å². The Balaban J connectivity index is 0.000000151. The van der Waals surface area contributed by atoms with Crippen LogP contribution in [0.1, 0.15) is 5.56 Å². The molecule has 0 amide bonds. The van der Waals surface area contributed by atoms with E-state index in [9.17, 15) is 4.39 Å². The second-order valence-corrected chi connectivity index (χ2v) is 2.94. The third-order valence-corrected chi connectivity index (χ3v) is 1.76. The number of rotatable bonds is 1. The zero-order chi connectivity index (χ0) is 10.9.